The number of oxime groups is 1. The van der Waals surface area contributed by atoms with E-state index < -0.39 is 18.1 Å². The molecule has 2 aliphatic heterocycles. The van der Waals surface area contributed by atoms with Crippen molar-refractivity contribution in [3.05, 3.63) is 42.2 Å². The minimum absolute atomic E-state index is 0.171. The first-order valence-electron chi connectivity index (χ1n) is 10.6. The van der Waals surface area contributed by atoms with E-state index in [4.69, 9.17) is 29.9 Å². The summed E-state index contributed by atoms with van der Waals surface area (Å²) in [6, 6.07) is 5.24. The number of aromatic nitrogens is 5. The van der Waals surface area contributed by atoms with Gasteiger partial charge in [-0.05, 0) is 31.9 Å². The molecular weight excluding hydrogens is 442 g/mol. The highest BCUT2D eigenvalue weighted by Gasteiger charge is 2.56. The summed E-state index contributed by atoms with van der Waals surface area (Å²) >= 11 is 0. The van der Waals surface area contributed by atoms with Crippen LogP contribution >= 0.6 is 0 Å². The zero-order valence-electron chi connectivity index (χ0n) is 18.5. The van der Waals surface area contributed by atoms with E-state index in [1.807, 2.05) is 13.8 Å². The Hall–Kier alpha value is -3.63. The van der Waals surface area contributed by atoms with Crippen LogP contribution in [0.2, 0.25) is 0 Å². The van der Waals surface area contributed by atoms with Gasteiger partial charge in [-0.2, -0.15) is 0 Å². The first-order valence-corrected chi connectivity index (χ1v) is 10.6. The number of pyridine rings is 1. The molecule has 0 radical (unpaired) electrons. The standard InChI is InChI=1S/C22H23N7O5/c1-22(2)33-17-15(10-31-8-4-7-13-5-3-6-14(28-13)9-27-30)32-21(18(17)34-22)29-12-26-16-19(23)24-11-25-20(16)29/h3,5-6,9,11-12,15,17-18,21,30H,8,10H2,1-2H3,(H2,23,24,25)/b27-9+/t15-,17-,18?,21?/m1/s1. The van der Waals surface area contributed by atoms with Crippen LogP contribution in [-0.2, 0) is 18.9 Å². The summed E-state index contributed by atoms with van der Waals surface area (Å²) in [7, 11) is 0. The second-order valence-electron chi connectivity index (χ2n) is 8.22. The number of nitrogens with two attached hydrogens (primary N) is 1. The number of fused-ring (bicyclic) bond motifs is 2. The van der Waals surface area contributed by atoms with Gasteiger partial charge in [0.15, 0.2) is 23.5 Å². The van der Waals surface area contributed by atoms with Crippen molar-refractivity contribution in [1.29, 1.82) is 0 Å². The van der Waals surface area contributed by atoms with E-state index in [0.29, 0.717) is 28.4 Å². The average molecular weight is 465 g/mol. The first-order chi connectivity index (χ1) is 16.4. The van der Waals surface area contributed by atoms with Crippen LogP contribution in [0, 0.1) is 11.8 Å². The average Bonchev–Trinajstić information content (AvgIpc) is 3.46. The van der Waals surface area contributed by atoms with E-state index in [1.165, 1.54) is 12.5 Å². The molecule has 12 nitrogen and oxygen atoms in total. The Morgan fingerprint density at radius 1 is 1.26 bits per heavy atom. The Kier molecular flexibility index (Phi) is 5.84. The molecule has 0 spiro atoms. The Morgan fingerprint density at radius 2 is 2.12 bits per heavy atom. The fourth-order valence-corrected chi connectivity index (χ4v) is 4.08. The lowest BCUT2D eigenvalue weighted by Crippen LogP contribution is -2.33. The maximum Gasteiger partial charge on any atom is 0.167 e. The molecule has 3 N–H and O–H groups in total. The lowest BCUT2D eigenvalue weighted by molar-refractivity contribution is -0.201. The Morgan fingerprint density at radius 3 is 2.97 bits per heavy atom. The highest BCUT2D eigenvalue weighted by molar-refractivity contribution is 5.81. The number of anilines is 1. The molecule has 2 aliphatic rings. The number of nitrogen functional groups attached to an aromatic ring is 1. The van der Waals surface area contributed by atoms with Crippen LogP contribution in [0.1, 0.15) is 31.5 Å². The van der Waals surface area contributed by atoms with E-state index in [1.54, 1.807) is 29.1 Å². The van der Waals surface area contributed by atoms with Crippen LogP contribution in [0.3, 0.4) is 0 Å². The third-order valence-corrected chi connectivity index (χ3v) is 5.42. The molecule has 5 rings (SSSR count). The molecule has 2 saturated heterocycles. The predicted molar refractivity (Wildman–Crippen MR) is 119 cm³/mol. The second kappa shape index (κ2) is 8.96. The van der Waals surface area contributed by atoms with Crippen LogP contribution in [0.25, 0.3) is 11.2 Å². The van der Waals surface area contributed by atoms with Crippen molar-refractivity contribution < 1.29 is 24.2 Å². The van der Waals surface area contributed by atoms with Crippen molar-refractivity contribution in [2.75, 3.05) is 18.9 Å². The zero-order valence-corrected chi connectivity index (χ0v) is 18.5. The molecule has 0 aromatic carbocycles. The summed E-state index contributed by atoms with van der Waals surface area (Å²) in [5.41, 5.74) is 8.03. The van der Waals surface area contributed by atoms with E-state index >= 15 is 0 Å². The Bertz CT molecular complexity index is 1280. The van der Waals surface area contributed by atoms with Gasteiger partial charge in [0, 0.05) is 0 Å². The fraction of sp³-hybridized carbons (Fsp3) is 0.409. The minimum Gasteiger partial charge on any atom is -0.411 e. The maximum absolute atomic E-state index is 8.63. The van der Waals surface area contributed by atoms with Crippen LogP contribution in [0.4, 0.5) is 5.82 Å². The summed E-state index contributed by atoms with van der Waals surface area (Å²) in [5, 5.41) is 11.6. The molecule has 4 atom stereocenters. The topological polar surface area (TPSA) is 152 Å². The van der Waals surface area contributed by atoms with Crippen molar-refractivity contribution in [3.63, 3.8) is 0 Å². The molecule has 3 aromatic heterocycles. The molecule has 0 saturated carbocycles. The monoisotopic (exact) mass is 465 g/mol. The highest BCUT2D eigenvalue weighted by atomic mass is 16.8. The van der Waals surface area contributed by atoms with Crippen molar-refractivity contribution in [2.24, 2.45) is 5.16 Å². The van der Waals surface area contributed by atoms with Gasteiger partial charge in [-0.25, -0.2) is 19.9 Å². The van der Waals surface area contributed by atoms with E-state index in [9.17, 15) is 0 Å². The van der Waals surface area contributed by atoms with Crippen molar-refractivity contribution >= 4 is 23.2 Å². The summed E-state index contributed by atoms with van der Waals surface area (Å²) in [5.74, 6) is 5.37. The van der Waals surface area contributed by atoms with Crippen molar-refractivity contribution in [1.82, 2.24) is 24.5 Å². The van der Waals surface area contributed by atoms with Crippen molar-refractivity contribution in [3.8, 4) is 11.8 Å². The molecule has 0 bridgehead atoms. The molecule has 176 valence electrons. The van der Waals surface area contributed by atoms with Gasteiger partial charge in [-0.15, -0.1) is 0 Å². The largest absolute Gasteiger partial charge is 0.411 e. The fourth-order valence-electron chi connectivity index (χ4n) is 4.08. The molecule has 12 heteroatoms. The number of ether oxygens (including phenoxy) is 4. The molecule has 0 amide bonds. The summed E-state index contributed by atoms with van der Waals surface area (Å²) < 4.78 is 26.1. The van der Waals surface area contributed by atoms with Gasteiger partial charge in [0.2, 0.25) is 0 Å². The lowest BCUT2D eigenvalue weighted by Gasteiger charge is -2.24. The van der Waals surface area contributed by atoms with Gasteiger partial charge in [-0.1, -0.05) is 17.1 Å². The Balaban J connectivity index is 1.27. The number of hydrogen-bond acceptors (Lipinski definition) is 11. The van der Waals surface area contributed by atoms with E-state index in [0.717, 1.165) is 0 Å². The van der Waals surface area contributed by atoms with Gasteiger partial charge in [-0.3, -0.25) is 4.57 Å². The minimum atomic E-state index is -0.769. The maximum atomic E-state index is 8.63. The summed E-state index contributed by atoms with van der Waals surface area (Å²) in [6.45, 7) is 4.14. The van der Waals surface area contributed by atoms with Gasteiger partial charge >= 0.3 is 0 Å². The van der Waals surface area contributed by atoms with Crippen molar-refractivity contribution in [2.45, 2.75) is 44.2 Å². The predicted octanol–water partition coefficient (Wildman–Crippen LogP) is 1.10. The lowest BCUT2D eigenvalue weighted by atomic mass is 10.1. The highest BCUT2D eigenvalue weighted by Crippen LogP contribution is 2.43. The number of hydrogen-bond donors (Lipinski definition) is 2. The summed E-state index contributed by atoms with van der Waals surface area (Å²) in [6.07, 6.45) is 2.59. The Labute approximate surface area is 194 Å². The smallest absolute Gasteiger partial charge is 0.167 e. The quantitative estimate of drug-likeness (QED) is 0.184. The number of imidazole rings is 1. The second-order valence-corrected chi connectivity index (χ2v) is 8.22. The normalized spacial score (nSPS) is 25.5. The SMILES string of the molecule is CC1(C)OC2C(n3cnc4c(N)ncnc43)O[C@H](COCC#Cc3cccc(/C=N/O)n3)[C@H]2O1. The number of nitrogens with zero attached hydrogens (tertiary/aromatic N) is 6. The summed E-state index contributed by atoms with van der Waals surface area (Å²) in [4.78, 5) is 16.9. The van der Waals surface area contributed by atoms with Crippen LogP contribution in [-0.4, -0.2) is 73.2 Å². The number of rotatable bonds is 5. The van der Waals surface area contributed by atoms with Gasteiger partial charge < -0.3 is 29.9 Å². The van der Waals surface area contributed by atoms with Crippen LogP contribution in [0.5, 0.6) is 0 Å². The molecule has 3 aromatic rings. The first kappa shape index (κ1) is 22.2. The molecule has 2 fully saturated rings. The molecule has 2 unspecified atom stereocenters. The van der Waals surface area contributed by atoms with Crippen LogP contribution < -0.4 is 5.73 Å². The molecular formula is C22H23N7O5. The van der Waals surface area contributed by atoms with E-state index in [2.05, 4.69) is 36.9 Å². The molecule has 0 aliphatic carbocycles. The van der Waals surface area contributed by atoms with E-state index in [-0.39, 0.29) is 25.4 Å². The van der Waals surface area contributed by atoms with Gasteiger partial charge in [0.25, 0.3) is 0 Å². The molecule has 34 heavy (non-hydrogen) atoms. The van der Waals surface area contributed by atoms with Crippen LogP contribution in [0.15, 0.2) is 36.0 Å². The van der Waals surface area contributed by atoms with Gasteiger partial charge in [0.05, 0.1) is 24.8 Å². The zero-order chi connectivity index (χ0) is 23.7. The third kappa shape index (κ3) is 4.29. The van der Waals surface area contributed by atoms with Gasteiger partial charge in [0.1, 0.15) is 42.5 Å². The molecule has 5 heterocycles. The third-order valence-electron chi connectivity index (χ3n) is 5.42.